The summed E-state index contributed by atoms with van der Waals surface area (Å²) in [5, 5.41) is 12.7. The number of hydrogen-bond donors (Lipinski definition) is 2. The van der Waals surface area contributed by atoms with Crippen molar-refractivity contribution in [3.63, 3.8) is 0 Å². The topological polar surface area (TPSA) is 45.4 Å². The summed E-state index contributed by atoms with van der Waals surface area (Å²) in [4.78, 5) is 0. The molecule has 1 aromatic heterocycles. The van der Waals surface area contributed by atoms with E-state index in [2.05, 4.69) is 5.32 Å². The highest BCUT2D eigenvalue weighted by atomic mass is 16.3. The van der Waals surface area contributed by atoms with E-state index >= 15 is 0 Å². The molecule has 1 heterocycles. The monoisotopic (exact) mass is 209 g/mol. The van der Waals surface area contributed by atoms with Gasteiger partial charge in [0, 0.05) is 13.1 Å². The highest BCUT2D eigenvalue weighted by Crippen LogP contribution is 2.01. The molecular formula is C12H19NO2. The third-order valence-electron chi connectivity index (χ3n) is 2.21. The number of rotatable bonds is 6. The van der Waals surface area contributed by atoms with Crippen molar-refractivity contribution in [2.45, 2.75) is 20.0 Å². The van der Waals surface area contributed by atoms with Gasteiger partial charge in [0.05, 0.1) is 12.4 Å². The van der Waals surface area contributed by atoms with Gasteiger partial charge >= 0.3 is 0 Å². The van der Waals surface area contributed by atoms with Gasteiger partial charge in [-0.2, -0.15) is 0 Å². The van der Waals surface area contributed by atoms with E-state index in [0.29, 0.717) is 12.5 Å². The lowest BCUT2D eigenvalue weighted by Gasteiger charge is -2.13. The molecule has 1 atom stereocenters. The Hall–Kier alpha value is -1.06. The zero-order valence-corrected chi connectivity index (χ0v) is 9.31. The molecule has 84 valence electrons. The molecule has 3 nitrogen and oxygen atoms in total. The van der Waals surface area contributed by atoms with Crippen LogP contribution < -0.4 is 5.32 Å². The third-order valence-corrected chi connectivity index (χ3v) is 2.21. The van der Waals surface area contributed by atoms with Gasteiger partial charge in [0.1, 0.15) is 5.76 Å². The molecule has 0 aromatic carbocycles. The predicted octanol–water partition coefficient (Wildman–Crippen LogP) is 1.90. The second kappa shape index (κ2) is 6.43. The molecule has 0 saturated carbocycles. The second-order valence-corrected chi connectivity index (χ2v) is 3.89. The van der Waals surface area contributed by atoms with Crippen LogP contribution in [0.2, 0.25) is 0 Å². The van der Waals surface area contributed by atoms with E-state index in [0.717, 1.165) is 12.3 Å². The molecule has 1 aromatic rings. The minimum atomic E-state index is -0.276. The van der Waals surface area contributed by atoms with Gasteiger partial charge in [-0.1, -0.05) is 19.9 Å². The van der Waals surface area contributed by atoms with Crippen LogP contribution in [-0.2, 0) is 0 Å². The molecule has 3 heteroatoms. The maximum atomic E-state index is 9.50. The van der Waals surface area contributed by atoms with Crippen LogP contribution in [0, 0.1) is 5.92 Å². The number of aliphatic hydroxyl groups excluding tert-OH is 1. The van der Waals surface area contributed by atoms with E-state index in [9.17, 15) is 5.11 Å². The van der Waals surface area contributed by atoms with Crippen LogP contribution in [0.15, 0.2) is 28.9 Å². The van der Waals surface area contributed by atoms with Gasteiger partial charge in [-0.15, -0.1) is 0 Å². The van der Waals surface area contributed by atoms with Crippen molar-refractivity contribution in [1.82, 2.24) is 5.32 Å². The van der Waals surface area contributed by atoms with Crippen molar-refractivity contribution in [3.8, 4) is 0 Å². The molecule has 15 heavy (non-hydrogen) atoms. The Morgan fingerprint density at radius 3 is 2.93 bits per heavy atom. The van der Waals surface area contributed by atoms with Gasteiger partial charge in [-0.3, -0.25) is 0 Å². The summed E-state index contributed by atoms with van der Waals surface area (Å²) in [7, 11) is 0. The van der Waals surface area contributed by atoms with E-state index in [4.69, 9.17) is 4.42 Å². The quantitative estimate of drug-likeness (QED) is 0.703. The third kappa shape index (κ3) is 4.81. The number of hydrogen-bond acceptors (Lipinski definition) is 3. The molecule has 0 aliphatic heterocycles. The average molecular weight is 209 g/mol. The van der Waals surface area contributed by atoms with Gasteiger partial charge in [0.2, 0.25) is 0 Å². The SMILES string of the molecule is CC(C)C(O)CNC/C=C/c1ccco1. The van der Waals surface area contributed by atoms with Crippen LogP contribution in [-0.4, -0.2) is 24.3 Å². The summed E-state index contributed by atoms with van der Waals surface area (Å²) in [6.07, 6.45) is 5.26. The second-order valence-electron chi connectivity index (χ2n) is 3.89. The molecule has 1 unspecified atom stereocenters. The normalized spacial score (nSPS) is 13.9. The lowest BCUT2D eigenvalue weighted by atomic mass is 10.1. The number of furan rings is 1. The first-order chi connectivity index (χ1) is 7.20. The van der Waals surface area contributed by atoms with Crippen molar-refractivity contribution in [2.24, 2.45) is 5.92 Å². The summed E-state index contributed by atoms with van der Waals surface area (Å²) >= 11 is 0. The van der Waals surface area contributed by atoms with Crippen LogP contribution in [0.1, 0.15) is 19.6 Å². The maximum Gasteiger partial charge on any atom is 0.126 e. The Morgan fingerprint density at radius 2 is 2.33 bits per heavy atom. The Labute approximate surface area is 90.8 Å². The molecule has 1 rings (SSSR count). The van der Waals surface area contributed by atoms with Gasteiger partial charge in [0.25, 0.3) is 0 Å². The Balaban J connectivity index is 2.12. The van der Waals surface area contributed by atoms with Crippen LogP contribution in [0.4, 0.5) is 0 Å². The van der Waals surface area contributed by atoms with E-state index in [1.54, 1.807) is 6.26 Å². The first-order valence-electron chi connectivity index (χ1n) is 5.29. The average Bonchev–Trinajstić information content (AvgIpc) is 2.69. The maximum absolute atomic E-state index is 9.50. The Morgan fingerprint density at radius 1 is 1.53 bits per heavy atom. The van der Waals surface area contributed by atoms with E-state index < -0.39 is 0 Å². The predicted molar refractivity (Wildman–Crippen MR) is 61.5 cm³/mol. The van der Waals surface area contributed by atoms with Crippen molar-refractivity contribution >= 4 is 6.08 Å². The van der Waals surface area contributed by atoms with E-state index in [-0.39, 0.29) is 6.10 Å². The minimum Gasteiger partial charge on any atom is -0.465 e. The molecule has 0 aliphatic rings. The van der Waals surface area contributed by atoms with Gasteiger partial charge in [-0.05, 0) is 24.1 Å². The smallest absolute Gasteiger partial charge is 0.126 e. The summed E-state index contributed by atoms with van der Waals surface area (Å²) in [6, 6.07) is 3.76. The fraction of sp³-hybridized carbons (Fsp3) is 0.500. The summed E-state index contributed by atoms with van der Waals surface area (Å²) in [6.45, 7) is 5.38. The Bertz CT molecular complexity index is 278. The zero-order chi connectivity index (χ0) is 11.1. The van der Waals surface area contributed by atoms with Gasteiger partial charge in [0.15, 0.2) is 0 Å². The summed E-state index contributed by atoms with van der Waals surface area (Å²) in [5.74, 6) is 1.15. The lowest BCUT2D eigenvalue weighted by Crippen LogP contribution is -2.30. The molecule has 0 fully saturated rings. The molecule has 0 aliphatic carbocycles. The summed E-state index contributed by atoms with van der Waals surface area (Å²) < 4.78 is 5.14. The van der Waals surface area contributed by atoms with E-state index in [1.165, 1.54) is 0 Å². The molecule has 2 N–H and O–H groups in total. The zero-order valence-electron chi connectivity index (χ0n) is 9.31. The van der Waals surface area contributed by atoms with Crippen LogP contribution in [0.25, 0.3) is 6.08 Å². The van der Waals surface area contributed by atoms with Gasteiger partial charge in [-0.25, -0.2) is 0 Å². The highest BCUT2D eigenvalue weighted by molar-refractivity contribution is 5.42. The first kappa shape index (κ1) is 12.0. The Kier molecular flexibility index (Phi) is 5.15. The van der Waals surface area contributed by atoms with E-state index in [1.807, 2.05) is 38.1 Å². The lowest BCUT2D eigenvalue weighted by molar-refractivity contribution is 0.125. The fourth-order valence-electron chi connectivity index (χ4n) is 1.11. The number of nitrogens with one attached hydrogen (secondary N) is 1. The molecule has 0 radical (unpaired) electrons. The first-order valence-corrected chi connectivity index (χ1v) is 5.29. The molecular weight excluding hydrogens is 190 g/mol. The molecule has 0 saturated heterocycles. The van der Waals surface area contributed by atoms with Crippen molar-refractivity contribution in [1.29, 1.82) is 0 Å². The van der Waals surface area contributed by atoms with Crippen LogP contribution in [0.3, 0.4) is 0 Å². The van der Waals surface area contributed by atoms with Gasteiger partial charge < -0.3 is 14.8 Å². The number of aliphatic hydroxyl groups is 1. The van der Waals surface area contributed by atoms with Crippen LogP contribution >= 0.6 is 0 Å². The minimum absolute atomic E-state index is 0.276. The standard InChI is InChI=1S/C12H19NO2/c1-10(2)12(14)9-13-7-3-5-11-6-4-8-15-11/h3-6,8,10,12-14H,7,9H2,1-2H3/b5-3+. The fourth-order valence-corrected chi connectivity index (χ4v) is 1.11. The molecule has 0 spiro atoms. The largest absolute Gasteiger partial charge is 0.465 e. The van der Waals surface area contributed by atoms with Crippen molar-refractivity contribution < 1.29 is 9.52 Å². The van der Waals surface area contributed by atoms with Crippen molar-refractivity contribution in [3.05, 3.63) is 30.2 Å². The summed E-state index contributed by atoms with van der Waals surface area (Å²) in [5.41, 5.74) is 0. The molecule has 0 bridgehead atoms. The van der Waals surface area contributed by atoms with Crippen LogP contribution in [0.5, 0.6) is 0 Å². The molecule has 0 amide bonds. The highest BCUT2D eigenvalue weighted by Gasteiger charge is 2.06. The van der Waals surface area contributed by atoms with Crippen molar-refractivity contribution in [2.75, 3.05) is 13.1 Å².